The third-order valence-electron chi connectivity index (χ3n) is 3.15. The van der Waals surface area contributed by atoms with Crippen LogP contribution in [-0.4, -0.2) is 29.8 Å². The molecule has 0 aliphatic heterocycles. The van der Waals surface area contributed by atoms with E-state index in [0.29, 0.717) is 23.5 Å². The van der Waals surface area contributed by atoms with Gasteiger partial charge >= 0.3 is 0 Å². The number of nitrogens with zero attached hydrogens (tertiary/aromatic N) is 2. The van der Waals surface area contributed by atoms with Gasteiger partial charge in [0.1, 0.15) is 11.5 Å². The lowest BCUT2D eigenvalue weighted by Gasteiger charge is -2.09. The number of hydrogen-bond acceptors (Lipinski definition) is 4. The lowest BCUT2D eigenvalue weighted by molar-refractivity contribution is 0.0988. The van der Waals surface area contributed by atoms with E-state index in [1.165, 1.54) is 0 Å². The summed E-state index contributed by atoms with van der Waals surface area (Å²) >= 11 is 0. The number of aryl methyl sites for hydroxylation is 2. The van der Waals surface area contributed by atoms with E-state index in [0.717, 1.165) is 11.4 Å². The first-order valence-electron chi connectivity index (χ1n) is 6.30. The number of ketones is 1. The summed E-state index contributed by atoms with van der Waals surface area (Å²) in [6, 6.07) is 7.10. The topological polar surface area (TPSA) is 53.3 Å². The Hall–Kier alpha value is -2.30. The molecule has 0 aliphatic carbocycles. The van der Waals surface area contributed by atoms with Gasteiger partial charge in [0.05, 0.1) is 31.9 Å². The predicted molar refractivity (Wildman–Crippen MR) is 75.5 cm³/mol. The molecule has 0 N–H and O–H groups in total. The van der Waals surface area contributed by atoms with E-state index in [2.05, 4.69) is 5.10 Å². The lowest BCUT2D eigenvalue weighted by atomic mass is 10.0. The summed E-state index contributed by atoms with van der Waals surface area (Å²) in [5, 5.41) is 4.24. The summed E-state index contributed by atoms with van der Waals surface area (Å²) in [5.41, 5.74) is 2.33. The number of rotatable bonds is 5. The predicted octanol–water partition coefficient (Wildman–Crippen LogP) is 2.17. The van der Waals surface area contributed by atoms with E-state index >= 15 is 0 Å². The van der Waals surface area contributed by atoms with Gasteiger partial charge in [-0.1, -0.05) is 0 Å². The van der Waals surface area contributed by atoms with Gasteiger partial charge in [-0.2, -0.15) is 5.10 Å². The number of hydrogen-bond donors (Lipinski definition) is 0. The van der Waals surface area contributed by atoms with Gasteiger partial charge in [-0.15, -0.1) is 0 Å². The van der Waals surface area contributed by atoms with E-state index in [1.807, 2.05) is 20.0 Å². The first kappa shape index (κ1) is 14.1. The molecule has 0 amide bonds. The molecule has 2 rings (SSSR count). The van der Waals surface area contributed by atoms with Crippen LogP contribution in [0.3, 0.4) is 0 Å². The van der Waals surface area contributed by atoms with E-state index in [-0.39, 0.29) is 5.78 Å². The van der Waals surface area contributed by atoms with Gasteiger partial charge in [0.25, 0.3) is 0 Å². The number of benzene rings is 1. The number of carbonyl (C=O) groups excluding carboxylic acids is 1. The Morgan fingerprint density at radius 1 is 1.25 bits per heavy atom. The van der Waals surface area contributed by atoms with Crippen molar-refractivity contribution in [2.75, 3.05) is 14.2 Å². The number of methoxy groups -OCH3 is 2. The fourth-order valence-electron chi connectivity index (χ4n) is 2.12. The summed E-state index contributed by atoms with van der Waals surface area (Å²) in [5.74, 6) is 1.18. The monoisotopic (exact) mass is 274 g/mol. The van der Waals surface area contributed by atoms with Crippen LogP contribution in [0.15, 0.2) is 24.3 Å². The van der Waals surface area contributed by atoms with Gasteiger partial charge in [0, 0.05) is 18.8 Å². The van der Waals surface area contributed by atoms with Gasteiger partial charge < -0.3 is 9.47 Å². The molecule has 5 heteroatoms. The van der Waals surface area contributed by atoms with Crippen molar-refractivity contribution in [2.45, 2.75) is 13.3 Å². The Balaban J connectivity index is 2.27. The van der Waals surface area contributed by atoms with Gasteiger partial charge in [-0.25, -0.2) is 0 Å². The minimum atomic E-state index is -0.00694. The van der Waals surface area contributed by atoms with Crippen LogP contribution in [0.25, 0.3) is 0 Å². The molecule has 0 saturated carbocycles. The Kier molecular flexibility index (Phi) is 4.08. The highest BCUT2D eigenvalue weighted by Crippen LogP contribution is 2.25. The summed E-state index contributed by atoms with van der Waals surface area (Å²) in [4.78, 5) is 12.4. The van der Waals surface area contributed by atoms with Crippen molar-refractivity contribution in [1.29, 1.82) is 0 Å². The lowest BCUT2D eigenvalue weighted by Crippen LogP contribution is -2.09. The van der Waals surface area contributed by atoms with Gasteiger partial charge in [0.2, 0.25) is 0 Å². The molecule has 0 unspecified atom stereocenters. The largest absolute Gasteiger partial charge is 0.497 e. The van der Waals surface area contributed by atoms with Crippen LogP contribution < -0.4 is 9.47 Å². The van der Waals surface area contributed by atoms with Crippen LogP contribution >= 0.6 is 0 Å². The second-order valence-electron chi connectivity index (χ2n) is 4.57. The molecule has 5 nitrogen and oxygen atoms in total. The van der Waals surface area contributed by atoms with Gasteiger partial charge in [-0.05, 0) is 25.1 Å². The highest BCUT2D eigenvalue weighted by Gasteiger charge is 2.15. The molecule has 0 radical (unpaired) electrons. The van der Waals surface area contributed by atoms with E-state index in [4.69, 9.17) is 9.47 Å². The van der Waals surface area contributed by atoms with E-state index in [1.54, 1.807) is 37.1 Å². The average molecular weight is 274 g/mol. The Morgan fingerprint density at radius 2 is 2.00 bits per heavy atom. The smallest absolute Gasteiger partial charge is 0.172 e. The maximum atomic E-state index is 12.4. The summed E-state index contributed by atoms with van der Waals surface area (Å²) in [6.07, 6.45) is 0.292. The third kappa shape index (κ3) is 2.82. The Labute approximate surface area is 118 Å². The molecule has 0 spiro atoms. The van der Waals surface area contributed by atoms with Crippen LogP contribution in [-0.2, 0) is 13.5 Å². The minimum absolute atomic E-state index is 0.00694. The molecular formula is C15H18N2O3. The van der Waals surface area contributed by atoms with Crippen LogP contribution in [0.2, 0.25) is 0 Å². The summed E-state index contributed by atoms with van der Waals surface area (Å²) in [6.45, 7) is 1.90. The fraction of sp³-hybridized carbons (Fsp3) is 0.333. The fourth-order valence-corrected chi connectivity index (χ4v) is 2.12. The molecule has 20 heavy (non-hydrogen) atoms. The van der Waals surface area contributed by atoms with Crippen molar-refractivity contribution in [2.24, 2.45) is 7.05 Å². The molecule has 1 aromatic carbocycles. The quantitative estimate of drug-likeness (QED) is 0.784. The molecule has 106 valence electrons. The van der Waals surface area contributed by atoms with Crippen molar-refractivity contribution in [3.05, 3.63) is 41.2 Å². The first-order chi connectivity index (χ1) is 9.55. The molecule has 1 aromatic heterocycles. The van der Waals surface area contributed by atoms with E-state index in [9.17, 15) is 4.79 Å². The zero-order chi connectivity index (χ0) is 14.7. The summed E-state index contributed by atoms with van der Waals surface area (Å²) in [7, 11) is 4.95. The number of carbonyl (C=O) groups is 1. The standard InChI is InChI=1S/C15H18N2O3/c1-10-7-11(17(2)16-10)8-14(18)13-6-5-12(19-3)9-15(13)20-4/h5-7,9H,8H2,1-4H3. The number of aromatic nitrogens is 2. The molecular weight excluding hydrogens is 256 g/mol. The van der Waals surface area contributed by atoms with Crippen molar-refractivity contribution in [1.82, 2.24) is 9.78 Å². The molecule has 0 atom stereocenters. The highest BCUT2D eigenvalue weighted by atomic mass is 16.5. The summed E-state index contributed by atoms with van der Waals surface area (Å²) < 4.78 is 12.1. The normalized spacial score (nSPS) is 10.4. The van der Waals surface area contributed by atoms with Crippen LogP contribution in [0.5, 0.6) is 11.5 Å². The SMILES string of the molecule is COc1ccc(C(=O)Cc2cc(C)nn2C)c(OC)c1. The average Bonchev–Trinajstić information content (AvgIpc) is 2.75. The van der Waals surface area contributed by atoms with Crippen molar-refractivity contribution < 1.29 is 14.3 Å². The second kappa shape index (κ2) is 5.77. The molecule has 0 fully saturated rings. The van der Waals surface area contributed by atoms with E-state index < -0.39 is 0 Å². The number of ether oxygens (including phenoxy) is 2. The Morgan fingerprint density at radius 3 is 2.55 bits per heavy atom. The molecule has 0 bridgehead atoms. The zero-order valence-corrected chi connectivity index (χ0v) is 12.1. The second-order valence-corrected chi connectivity index (χ2v) is 4.57. The van der Waals surface area contributed by atoms with Crippen LogP contribution in [0.1, 0.15) is 21.7 Å². The maximum absolute atomic E-state index is 12.4. The number of Topliss-reactive ketones (excluding diaryl/α,β-unsaturated/α-hetero) is 1. The minimum Gasteiger partial charge on any atom is -0.497 e. The molecule has 0 aliphatic rings. The molecule has 1 heterocycles. The van der Waals surface area contributed by atoms with Crippen LogP contribution in [0, 0.1) is 6.92 Å². The van der Waals surface area contributed by atoms with Crippen molar-refractivity contribution >= 4 is 5.78 Å². The third-order valence-corrected chi connectivity index (χ3v) is 3.15. The van der Waals surface area contributed by atoms with Gasteiger partial charge in [-0.3, -0.25) is 9.48 Å². The highest BCUT2D eigenvalue weighted by molar-refractivity contribution is 6.00. The van der Waals surface area contributed by atoms with Crippen molar-refractivity contribution in [3.8, 4) is 11.5 Å². The molecule has 0 saturated heterocycles. The Bertz CT molecular complexity index is 632. The van der Waals surface area contributed by atoms with Crippen molar-refractivity contribution in [3.63, 3.8) is 0 Å². The first-order valence-corrected chi connectivity index (χ1v) is 6.30. The maximum Gasteiger partial charge on any atom is 0.172 e. The van der Waals surface area contributed by atoms with Gasteiger partial charge in [0.15, 0.2) is 5.78 Å². The van der Waals surface area contributed by atoms with Crippen LogP contribution in [0.4, 0.5) is 0 Å². The molecule has 2 aromatic rings. The zero-order valence-electron chi connectivity index (χ0n) is 12.1.